The Morgan fingerprint density at radius 3 is 2.46 bits per heavy atom. The molecule has 0 spiro atoms. The van der Waals surface area contributed by atoms with E-state index in [1.807, 2.05) is 6.92 Å². The molecule has 0 aliphatic carbocycles. The smallest absolute Gasteiger partial charge is 0.204 e. The second-order valence-electron chi connectivity index (χ2n) is 6.06. The second-order valence-corrected chi connectivity index (χ2v) is 6.06. The van der Waals surface area contributed by atoms with Crippen molar-refractivity contribution >= 4 is 18.5 Å². The van der Waals surface area contributed by atoms with Crippen LogP contribution in [-0.4, -0.2) is 30.2 Å². The van der Waals surface area contributed by atoms with Crippen molar-refractivity contribution < 1.29 is 24.2 Å². The van der Waals surface area contributed by atoms with Crippen molar-refractivity contribution in [1.82, 2.24) is 0 Å². The van der Waals surface area contributed by atoms with Crippen LogP contribution in [0.1, 0.15) is 50.2 Å². The summed E-state index contributed by atoms with van der Waals surface area (Å²) in [5.74, 6) is -0.171. The number of hydrogen-bond donors (Lipinski definition) is 2. The summed E-state index contributed by atoms with van der Waals surface area (Å²) < 4.78 is 5.78. The van der Waals surface area contributed by atoms with Crippen molar-refractivity contribution in [3.05, 3.63) is 70.8 Å². The van der Waals surface area contributed by atoms with E-state index in [2.05, 4.69) is 12.3 Å². The van der Waals surface area contributed by atoms with Crippen LogP contribution in [0.5, 0.6) is 11.5 Å². The summed E-state index contributed by atoms with van der Waals surface area (Å²) in [5.41, 5.74) is 6.26. The molecule has 6 nitrogen and oxygen atoms in total. The lowest BCUT2D eigenvalue weighted by Gasteiger charge is -2.15. The van der Waals surface area contributed by atoms with Crippen LogP contribution < -0.4 is 10.5 Å². The van der Waals surface area contributed by atoms with Gasteiger partial charge in [0.2, 0.25) is 12.2 Å². The predicted octanol–water partition coefficient (Wildman–Crippen LogP) is 3.50. The molecule has 6 heteroatoms. The number of aryl methyl sites for hydroxylation is 2. The molecule has 1 amide bonds. The predicted molar refractivity (Wildman–Crippen MR) is 108 cm³/mol. The van der Waals surface area contributed by atoms with E-state index >= 15 is 0 Å². The molecule has 2 aromatic carbocycles. The van der Waals surface area contributed by atoms with Gasteiger partial charge in [0.15, 0.2) is 6.29 Å². The number of aldehydes is 1. The van der Waals surface area contributed by atoms with Crippen molar-refractivity contribution in [1.29, 1.82) is 0 Å². The maximum Gasteiger partial charge on any atom is 0.204 e. The van der Waals surface area contributed by atoms with Gasteiger partial charge in [0.1, 0.15) is 11.5 Å². The number of primary amides is 1. The quantitative estimate of drug-likeness (QED) is 0.314. The molecule has 0 atom stereocenters. The minimum absolute atomic E-state index is 0.111. The third-order valence-electron chi connectivity index (χ3n) is 3.92. The molecule has 2 rings (SSSR count). The first kappa shape index (κ1) is 22.6. The summed E-state index contributed by atoms with van der Waals surface area (Å²) >= 11 is 0. The molecular formula is C22H25NO5. The van der Waals surface area contributed by atoms with Gasteiger partial charge in [0.25, 0.3) is 0 Å². The van der Waals surface area contributed by atoms with Gasteiger partial charge < -0.3 is 15.6 Å². The van der Waals surface area contributed by atoms with Crippen LogP contribution in [0.15, 0.2) is 43.0 Å². The number of allylic oxidation sites excluding steroid dienone is 1. The third-order valence-corrected chi connectivity index (χ3v) is 3.92. The van der Waals surface area contributed by atoms with E-state index in [1.54, 1.807) is 37.3 Å². The number of ether oxygens (including phenoxy) is 1. The van der Waals surface area contributed by atoms with E-state index in [1.165, 1.54) is 6.07 Å². The number of carbonyl (C=O) groups excluding carboxylic acids is 3. The molecule has 0 heterocycles. The van der Waals surface area contributed by atoms with Crippen molar-refractivity contribution in [2.75, 3.05) is 6.61 Å². The fourth-order valence-corrected chi connectivity index (χ4v) is 2.71. The Labute approximate surface area is 164 Å². The third kappa shape index (κ3) is 5.81. The fraction of sp³-hybridized carbons (Fsp3) is 0.227. The van der Waals surface area contributed by atoms with Crippen LogP contribution in [0, 0.1) is 13.8 Å². The first-order valence-electron chi connectivity index (χ1n) is 8.73. The minimum Gasteiger partial charge on any atom is -0.507 e. The van der Waals surface area contributed by atoms with Gasteiger partial charge in [-0.3, -0.25) is 14.4 Å². The molecule has 0 aliphatic heterocycles. The maximum atomic E-state index is 13.1. The first-order valence-corrected chi connectivity index (χ1v) is 8.73. The van der Waals surface area contributed by atoms with Crippen LogP contribution in [-0.2, 0) is 4.79 Å². The molecule has 0 saturated carbocycles. The monoisotopic (exact) mass is 383 g/mol. The SMILES string of the molecule is C=CCCCOc1cc(C)cc(C=O)c1C(=O)c1c(C)cccc1O.NC=O. The highest BCUT2D eigenvalue weighted by molar-refractivity contribution is 6.16. The van der Waals surface area contributed by atoms with E-state index < -0.39 is 5.78 Å². The molecule has 28 heavy (non-hydrogen) atoms. The summed E-state index contributed by atoms with van der Waals surface area (Å²) in [7, 11) is 0. The Morgan fingerprint density at radius 2 is 1.89 bits per heavy atom. The number of phenolic OH excluding ortho intramolecular Hbond substituents is 1. The Morgan fingerprint density at radius 1 is 1.21 bits per heavy atom. The summed E-state index contributed by atoms with van der Waals surface area (Å²) in [6.07, 6.45) is 4.26. The van der Waals surface area contributed by atoms with Gasteiger partial charge in [-0.05, 0) is 56.0 Å². The number of rotatable bonds is 8. The number of unbranched alkanes of at least 4 members (excludes halogenated alkanes) is 1. The molecule has 0 unspecified atom stereocenters. The van der Waals surface area contributed by atoms with Crippen molar-refractivity contribution in [3.63, 3.8) is 0 Å². The molecule has 0 saturated heterocycles. The molecular weight excluding hydrogens is 358 g/mol. The zero-order valence-electron chi connectivity index (χ0n) is 16.1. The largest absolute Gasteiger partial charge is 0.507 e. The highest BCUT2D eigenvalue weighted by atomic mass is 16.5. The molecule has 0 fully saturated rings. The molecule has 0 aromatic heterocycles. The molecule has 0 bridgehead atoms. The normalized spacial score (nSPS) is 9.64. The highest BCUT2D eigenvalue weighted by Crippen LogP contribution is 2.31. The first-order chi connectivity index (χ1) is 13.4. The van der Waals surface area contributed by atoms with Crippen LogP contribution in [0.4, 0.5) is 0 Å². The van der Waals surface area contributed by atoms with Gasteiger partial charge in [-0.25, -0.2) is 0 Å². The Balaban J connectivity index is 0.00000122. The van der Waals surface area contributed by atoms with E-state index in [-0.39, 0.29) is 28.8 Å². The molecule has 3 N–H and O–H groups in total. The van der Waals surface area contributed by atoms with Crippen molar-refractivity contribution in [2.45, 2.75) is 26.7 Å². The number of hydrogen-bond acceptors (Lipinski definition) is 5. The van der Waals surface area contributed by atoms with Gasteiger partial charge in [-0.1, -0.05) is 18.2 Å². The highest BCUT2D eigenvalue weighted by Gasteiger charge is 2.23. The number of benzene rings is 2. The average molecular weight is 383 g/mol. The van der Waals surface area contributed by atoms with Crippen LogP contribution in [0.2, 0.25) is 0 Å². The van der Waals surface area contributed by atoms with Crippen molar-refractivity contribution in [3.8, 4) is 11.5 Å². The zero-order chi connectivity index (χ0) is 21.1. The maximum absolute atomic E-state index is 13.1. The number of phenols is 1. The fourth-order valence-electron chi connectivity index (χ4n) is 2.71. The molecule has 2 aromatic rings. The minimum atomic E-state index is -0.420. The number of nitrogens with two attached hydrogens (primary N) is 1. The number of aromatic hydroxyl groups is 1. The topological polar surface area (TPSA) is 107 Å². The average Bonchev–Trinajstić information content (AvgIpc) is 2.65. The Kier molecular flexibility index (Phi) is 9.16. The van der Waals surface area contributed by atoms with Crippen LogP contribution in [0.25, 0.3) is 0 Å². The molecule has 0 aliphatic rings. The summed E-state index contributed by atoms with van der Waals surface area (Å²) in [6, 6.07) is 8.26. The molecule has 0 radical (unpaired) electrons. The number of carbonyl (C=O) groups is 3. The summed E-state index contributed by atoms with van der Waals surface area (Å²) in [5, 5.41) is 10.1. The lowest BCUT2D eigenvalue weighted by atomic mass is 9.93. The van der Waals surface area contributed by atoms with Crippen LogP contribution >= 0.6 is 0 Å². The Hall–Kier alpha value is -3.41. The second kappa shape index (κ2) is 11.3. The van der Waals surface area contributed by atoms with E-state index in [0.717, 1.165) is 18.4 Å². The van der Waals surface area contributed by atoms with Gasteiger partial charge in [-0.15, -0.1) is 6.58 Å². The summed E-state index contributed by atoms with van der Waals surface area (Å²) in [6.45, 7) is 7.66. The van der Waals surface area contributed by atoms with E-state index in [4.69, 9.17) is 9.53 Å². The van der Waals surface area contributed by atoms with E-state index in [0.29, 0.717) is 24.2 Å². The van der Waals surface area contributed by atoms with Gasteiger partial charge in [0, 0.05) is 5.56 Å². The standard InChI is InChI=1S/C21H22O4.CH3NO/c1-4-5-6-10-25-18-12-14(2)11-16(13-22)20(18)21(24)19-15(3)8-7-9-17(19)23;2-1-3/h4,7-9,11-13,23H,1,5-6,10H2,2-3H3;1H,(H2,2,3). The lowest BCUT2D eigenvalue weighted by molar-refractivity contribution is -0.106. The van der Waals surface area contributed by atoms with Crippen LogP contribution in [0.3, 0.4) is 0 Å². The Bertz CT molecular complexity index is 838. The summed E-state index contributed by atoms with van der Waals surface area (Å²) in [4.78, 5) is 33.2. The zero-order valence-corrected chi connectivity index (χ0v) is 16.1. The number of ketones is 1. The van der Waals surface area contributed by atoms with Gasteiger partial charge in [-0.2, -0.15) is 0 Å². The number of amides is 1. The lowest BCUT2D eigenvalue weighted by Crippen LogP contribution is -2.11. The van der Waals surface area contributed by atoms with E-state index in [9.17, 15) is 14.7 Å². The van der Waals surface area contributed by atoms with Crippen molar-refractivity contribution in [2.24, 2.45) is 5.73 Å². The van der Waals surface area contributed by atoms with Gasteiger partial charge >= 0.3 is 0 Å². The molecule has 148 valence electrons. The van der Waals surface area contributed by atoms with Gasteiger partial charge in [0.05, 0.1) is 17.7 Å².